The normalized spacial score (nSPS) is 11.6. The molecule has 0 unspecified atom stereocenters. The van der Waals surface area contributed by atoms with Crippen LogP contribution in [0.25, 0.3) is 0 Å². The van der Waals surface area contributed by atoms with Crippen LogP contribution < -0.4 is 0 Å². The van der Waals surface area contributed by atoms with E-state index in [1.807, 2.05) is 0 Å². The average molecular weight is 414 g/mol. The first-order chi connectivity index (χ1) is 10.7. The van der Waals surface area contributed by atoms with Gasteiger partial charge in [-0.25, -0.2) is 0 Å². The van der Waals surface area contributed by atoms with Crippen LogP contribution in [-0.4, -0.2) is 70.5 Å². The van der Waals surface area contributed by atoms with Gasteiger partial charge in [-0.05, 0) is 0 Å². The van der Waals surface area contributed by atoms with Gasteiger partial charge in [0.1, 0.15) is 0 Å². The number of hydrogen-bond donors (Lipinski definition) is 0. The first-order valence-corrected chi connectivity index (χ1v) is 17.1. The molecule has 0 fully saturated rings. The van der Waals surface area contributed by atoms with Crippen molar-refractivity contribution in [3.8, 4) is 0 Å². The van der Waals surface area contributed by atoms with Crippen LogP contribution in [0.3, 0.4) is 0 Å². The average Bonchev–Trinajstić information content (AvgIpc) is 2.52. The Morgan fingerprint density at radius 3 is 1.45 bits per heavy atom. The van der Waals surface area contributed by atoms with Crippen molar-refractivity contribution in [2.24, 2.45) is 0 Å². The van der Waals surface area contributed by atoms with E-state index in [-0.39, 0.29) is 0 Å². The quantitative estimate of drug-likeness (QED) is 0.345. The van der Waals surface area contributed by atoms with Crippen molar-refractivity contribution in [3.63, 3.8) is 0 Å². The van der Waals surface area contributed by atoms with Crippen LogP contribution in [0.1, 0.15) is 66.7 Å². The van der Waals surface area contributed by atoms with Gasteiger partial charge in [-0.2, -0.15) is 0 Å². The van der Waals surface area contributed by atoms with Gasteiger partial charge in [0.05, 0.1) is 0 Å². The molecule has 0 saturated heterocycles. The standard InChI is InChI=1S/C9H20N.C8H18N.C2H5.In/c1-4-7-10(8-5-2)9-6-3;1-4-7-9(6-3)8-5-2;1-2;/h1,4-9H2,2-3H3;1,4-8H2,2-3H3;1H2,2H3;. The predicted octanol–water partition coefficient (Wildman–Crippen LogP) is 5.14. The van der Waals surface area contributed by atoms with Crippen LogP contribution >= 0.6 is 0 Å². The molecule has 0 atom stereocenters. The van der Waals surface area contributed by atoms with Crippen molar-refractivity contribution < 1.29 is 0 Å². The fourth-order valence-electron chi connectivity index (χ4n) is 3.47. The molecule has 0 spiro atoms. The SMILES string of the molecule is CCCN(CC)CC[CH2][In]([CH2]C)[CH2]CCN(CCC)CCC. The zero-order valence-corrected chi connectivity index (χ0v) is 19.7. The van der Waals surface area contributed by atoms with E-state index in [1.165, 1.54) is 71.4 Å². The van der Waals surface area contributed by atoms with E-state index in [0.29, 0.717) is 0 Å². The molecule has 132 valence electrons. The molecule has 0 bridgehead atoms. The first-order valence-electron chi connectivity index (χ1n) is 10.2. The van der Waals surface area contributed by atoms with Crippen molar-refractivity contribution >= 4 is 21.4 Å². The second-order valence-electron chi connectivity index (χ2n) is 6.83. The van der Waals surface area contributed by atoms with E-state index < -0.39 is 21.4 Å². The van der Waals surface area contributed by atoms with Gasteiger partial charge >= 0.3 is 150 Å². The third-order valence-electron chi connectivity index (χ3n) is 4.82. The van der Waals surface area contributed by atoms with Gasteiger partial charge in [0.2, 0.25) is 0 Å². The fourth-order valence-corrected chi connectivity index (χ4v) is 11.0. The summed E-state index contributed by atoms with van der Waals surface area (Å²) in [4.78, 5) is 5.33. The van der Waals surface area contributed by atoms with Gasteiger partial charge in [0.15, 0.2) is 0 Å². The minimum atomic E-state index is -1.17. The summed E-state index contributed by atoms with van der Waals surface area (Å²) in [6.45, 7) is 19.6. The van der Waals surface area contributed by atoms with E-state index in [0.717, 1.165) is 0 Å². The molecular weight excluding hydrogens is 371 g/mol. The van der Waals surface area contributed by atoms with Gasteiger partial charge in [-0.3, -0.25) is 0 Å². The molecule has 0 aliphatic carbocycles. The molecule has 0 heterocycles. The van der Waals surface area contributed by atoms with Crippen molar-refractivity contribution in [1.29, 1.82) is 0 Å². The molecule has 0 radical (unpaired) electrons. The molecule has 22 heavy (non-hydrogen) atoms. The van der Waals surface area contributed by atoms with E-state index >= 15 is 0 Å². The molecule has 0 saturated carbocycles. The Morgan fingerprint density at radius 1 is 0.591 bits per heavy atom. The van der Waals surface area contributed by atoms with Crippen LogP contribution in [0, 0.1) is 0 Å². The Balaban J connectivity index is 3.85. The van der Waals surface area contributed by atoms with E-state index in [1.54, 1.807) is 12.5 Å². The monoisotopic (exact) mass is 414 g/mol. The minimum absolute atomic E-state index is 1.17. The van der Waals surface area contributed by atoms with Gasteiger partial charge in [0, 0.05) is 0 Å². The zero-order chi connectivity index (χ0) is 16.6. The summed E-state index contributed by atoms with van der Waals surface area (Å²) in [5.41, 5.74) is 0. The molecule has 0 rings (SSSR count). The van der Waals surface area contributed by atoms with Gasteiger partial charge in [-0.1, -0.05) is 0 Å². The molecule has 0 aliphatic rings. The third kappa shape index (κ3) is 12.2. The van der Waals surface area contributed by atoms with Crippen molar-refractivity contribution in [2.75, 3.05) is 39.3 Å². The summed E-state index contributed by atoms with van der Waals surface area (Å²) < 4.78 is 4.85. The molecule has 0 aliphatic heterocycles. The number of hydrogen-bond acceptors (Lipinski definition) is 2. The maximum atomic E-state index is 2.69. The van der Waals surface area contributed by atoms with Crippen LogP contribution in [0.15, 0.2) is 0 Å². The van der Waals surface area contributed by atoms with E-state index in [4.69, 9.17) is 0 Å². The van der Waals surface area contributed by atoms with Gasteiger partial charge < -0.3 is 0 Å². The van der Waals surface area contributed by atoms with Gasteiger partial charge in [-0.15, -0.1) is 0 Å². The second kappa shape index (κ2) is 16.6. The van der Waals surface area contributed by atoms with Crippen molar-refractivity contribution in [1.82, 2.24) is 9.80 Å². The van der Waals surface area contributed by atoms with Crippen molar-refractivity contribution in [2.45, 2.75) is 79.3 Å². The third-order valence-corrected chi connectivity index (χ3v) is 15.1. The fraction of sp³-hybridized carbons (Fsp3) is 1.00. The maximum absolute atomic E-state index is 2.69. The van der Waals surface area contributed by atoms with Crippen LogP contribution in [0.4, 0.5) is 0 Å². The molecule has 0 N–H and O–H groups in total. The van der Waals surface area contributed by atoms with Crippen LogP contribution in [0.5, 0.6) is 0 Å². The van der Waals surface area contributed by atoms with E-state index in [9.17, 15) is 0 Å². The Kier molecular flexibility index (Phi) is 17.2. The summed E-state index contributed by atoms with van der Waals surface area (Å²) in [5, 5.41) is 0. The summed E-state index contributed by atoms with van der Waals surface area (Å²) in [6, 6.07) is 0. The summed E-state index contributed by atoms with van der Waals surface area (Å²) in [6.07, 6.45) is 6.89. The second-order valence-corrected chi connectivity index (χ2v) is 17.4. The summed E-state index contributed by atoms with van der Waals surface area (Å²) >= 11 is -1.17. The van der Waals surface area contributed by atoms with Crippen LogP contribution in [0.2, 0.25) is 12.5 Å². The van der Waals surface area contributed by atoms with Crippen LogP contribution in [-0.2, 0) is 0 Å². The molecule has 0 amide bonds. The zero-order valence-electron chi connectivity index (χ0n) is 16.4. The molecule has 2 nitrogen and oxygen atoms in total. The molecule has 0 aromatic heterocycles. The Labute approximate surface area is 149 Å². The van der Waals surface area contributed by atoms with Crippen molar-refractivity contribution in [3.05, 3.63) is 0 Å². The Morgan fingerprint density at radius 2 is 1.05 bits per heavy atom. The Bertz CT molecular complexity index is 217. The molecule has 0 aromatic carbocycles. The van der Waals surface area contributed by atoms with Gasteiger partial charge in [0.25, 0.3) is 0 Å². The summed E-state index contributed by atoms with van der Waals surface area (Å²) in [5.74, 6) is 0. The molecular formula is C19H43InN2. The number of rotatable bonds is 16. The molecule has 3 heteroatoms. The summed E-state index contributed by atoms with van der Waals surface area (Å²) in [7, 11) is 0. The van der Waals surface area contributed by atoms with E-state index in [2.05, 4.69) is 44.4 Å². The topological polar surface area (TPSA) is 6.48 Å². The Hall–Kier alpha value is 0.790. The first kappa shape index (κ1) is 22.8. The molecule has 0 aromatic rings. The predicted molar refractivity (Wildman–Crippen MR) is 105 cm³/mol. The number of nitrogens with zero attached hydrogens (tertiary/aromatic N) is 2.